The topological polar surface area (TPSA) is 73.1 Å². The van der Waals surface area contributed by atoms with Gasteiger partial charge >= 0.3 is 5.97 Å². The summed E-state index contributed by atoms with van der Waals surface area (Å²) in [6, 6.07) is 7.47. The lowest BCUT2D eigenvalue weighted by Crippen LogP contribution is -2.46. The molecule has 0 amide bonds. The summed E-state index contributed by atoms with van der Waals surface area (Å²) in [6.07, 6.45) is 1.84. The summed E-state index contributed by atoms with van der Waals surface area (Å²) < 4.78 is 0. The minimum Gasteiger partial charge on any atom is -0.480 e. The second-order valence-electron chi connectivity index (χ2n) is 5.02. The molecule has 1 aromatic rings. The van der Waals surface area contributed by atoms with Crippen molar-refractivity contribution < 1.29 is 9.90 Å². The summed E-state index contributed by atoms with van der Waals surface area (Å²) in [5, 5.41) is 21.6. The molecule has 1 unspecified atom stereocenters. The van der Waals surface area contributed by atoms with E-state index in [2.05, 4.69) is 11.4 Å². The molecular formula is C14H16N2O2. The van der Waals surface area contributed by atoms with Crippen LogP contribution in [0.3, 0.4) is 0 Å². The summed E-state index contributed by atoms with van der Waals surface area (Å²) >= 11 is 0. The standard InChI is InChI=1S/C14H16N2O2/c1-9-4-3-5-10(8-15)12(9)16-14(2,13(17)18)11-6-7-11/h3-5,11,16H,6-7H2,1-2H3,(H,17,18). The minimum absolute atomic E-state index is 0.140. The molecule has 4 nitrogen and oxygen atoms in total. The van der Waals surface area contributed by atoms with Gasteiger partial charge in [-0.15, -0.1) is 0 Å². The third kappa shape index (κ3) is 2.04. The van der Waals surface area contributed by atoms with E-state index in [-0.39, 0.29) is 5.92 Å². The van der Waals surface area contributed by atoms with Gasteiger partial charge in [-0.1, -0.05) is 12.1 Å². The number of carbonyl (C=O) groups is 1. The molecule has 4 heteroatoms. The van der Waals surface area contributed by atoms with Gasteiger partial charge in [0.25, 0.3) is 0 Å². The fraction of sp³-hybridized carbons (Fsp3) is 0.429. The van der Waals surface area contributed by atoms with E-state index in [1.165, 1.54) is 0 Å². The Morgan fingerprint density at radius 3 is 2.72 bits per heavy atom. The molecule has 1 fully saturated rings. The van der Waals surface area contributed by atoms with E-state index in [0.717, 1.165) is 18.4 Å². The molecule has 0 bridgehead atoms. The van der Waals surface area contributed by atoms with Gasteiger partial charge in [0, 0.05) is 0 Å². The fourth-order valence-corrected chi connectivity index (χ4v) is 2.18. The van der Waals surface area contributed by atoms with E-state index in [1.54, 1.807) is 19.1 Å². The number of benzene rings is 1. The monoisotopic (exact) mass is 244 g/mol. The van der Waals surface area contributed by atoms with Gasteiger partial charge in [-0.25, -0.2) is 4.79 Å². The van der Waals surface area contributed by atoms with Crippen molar-refractivity contribution in [3.8, 4) is 6.07 Å². The molecule has 2 N–H and O–H groups in total. The smallest absolute Gasteiger partial charge is 0.329 e. The molecule has 1 aliphatic carbocycles. The number of nitriles is 1. The van der Waals surface area contributed by atoms with Crippen molar-refractivity contribution in [2.24, 2.45) is 5.92 Å². The number of carboxylic acid groups (broad SMARTS) is 1. The van der Waals surface area contributed by atoms with Crippen LogP contribution in [0.1, 0.15) is 30.9 Å². The first-order valence-corrected chi connectivity index (χ1v) is 6.00. The van der Waals surface area contributed by atoms with Crippen LogP contribution in [0.4, 0.5) is 5.69 Å². The van der Waals surface area contributed by atoms with E-state index in [1.807, 2.05) is 13.0 Å². The number of nitrogens with one attached hydrogen (secondary N) is 1. The summed E-state index contributed by atoms with van der Waals surface area (Å²) in [5.41, 5.74) is 1.03. The molecule has 1 saturated carbocycles. The Labute approximate surface area is 106 Å². The first-order chi connectivity index (χ1) is 8.49. The number of nitrogens with zero attached hydrogens (tertiary/aromatic N) is 1. The predicted molar refractivity (Wildman–Crippen MR) is 68.3 cm³/mol. The lowest BCUT2D eigenvalue weighted by molar-refractivity contribution is -0.142. The average molecular weight is 244 g/mol. The second-order valence-corrected chi connectivity index (χ2v) is 5.02. The molecule has 0 heterocycles. The third-order valence-electron chi connectivity index (χ3n) is 3.62. The number of hydrogen-bond donors (Lipinski definition) is 2. The Hall–Kier alpha value is -2.02. The minimum atomic E-state index is -0.988. The number of carboxylic acids is 1. The summed E-state index contributed by atoms with van der Waals surface area (Å²) in [5.74, 6) is -0.724. The molecule has 0 spiro atoms. The molecule has 0 radical (unpaired) electrons. The molecule has 1 atom stereocenters. The number of aliphatic carboxylic acids is 1. The van der Waals surface area contributed by atoms with E-state index >= 15 is 0 Å². The van der Waals surface area contributed by atoms with Crippen LogP contribution in [0.15, 0.2) is 18.2 Å². The van der Waals surface area contributed by atoms with Crippen LogP contribution in [0.5, 0.6) is 0 Å². The molecule has 1 aliphatic rings. The van der Waals surface area contributed by atoms with E-state index in [9.17, 15) is 9.90 Å². The quantitative estimate of drug-likeness (QED) is 0.853. The van der Waals surface area contributed by atoms with Crippen LogP contribution < -0.4 is 5.32 Å². The Morgan fingerprint density at radius 2 is 2.22 bits per heavy atom. The fourth-order valence-electron chi connectivity index (χ4n) is 2.18. The van der Waals surface area contributed by atoms with Crippen LogP contribution in [-0.2, 0) is 4.79 Å². The molecule has 0 aromatic heterocycles. The van der Waals surface area contributed by atoms with Crippen LogP contribution in [0.2, 0.25) is 0 Å². The van der Waals surface area contributed by atoms with Gasteiger partial charge in [0.1, 0.15) is 11.6 Å². The lowest BCUT2D eigenvalue weighted by Gasteiger charge is -2.28. The van der Waals surface area contributed by atoms with Crippen molar-refractivity contribution in [1.29, 1.82) is 5.26 Å². The van der Waals surface area contributed by atoms with E-state index in [4.69, 9.17) is 5.26 Å². The Bertz CT molecular complexity index is 529. The Morgan fingerprint density at radius 1 is 1.56 bits per heavy atom. The molecule has 1 aromatic carbocycles. The Balaban J connectivity index is 2.39. The maximum atomic E-state index is 11.5. The van der Waals surface area contributed by atoms with Gasteiger partial charge in [0.05, 0.1) is 11.3 Å². The van der Waals surface area contributed by atoms with Gasteiger partial charge in [0.15, 0.2) is 0 Å². The number of para-hydroxylation sites is 1. The summed E-state index contributed by atoms with van der Waals surface area (Å²) in [7, 11) is 0. The highest BCUT2D eigenvalue weighted by atomic mass is 16.4. The number of anilines is 1. The van der Waals surface area contributed by atoms with Crippen molar-refractivity contribution in [3.05, 3.63) is 29.3 Å². The largest absolute Gasteiger partial charge is 0.480 e. The number of hydrogen-bond acceptors (Lipinski definition) is 3. The van der Waals surface area contributed by atoms with Gasteiger partial charge < -0.3 is 10.4 Å². The zero-order valence-electron chi connectivity index (χ0n) is 10.5. The normalized spacial score (nSPS) is 17.6. The zero-order chi connectivity index (χ0) is 13.3. The summed E-state index contributed by atoms with van der Waals surface area (Å²) in [4.78, 5) is 11.5. The molecule has 18 heavy (non-hydrogen) atoms. The maximum Gasteiger partial charge on any atom is 0.329 e. The zero-order valence-corrected chi connectivity index (χ0v) is 10.5. The van der Waals surface area contributed by atoms with Gasteiger partial charge in [0.2, 0.25) is 0 Å². The molecular weight excluding hydrogens is 228 g/mol. The second kappa shape index (κ2) is 4.34. The molecule has 0 saturated heterocycles. The predicted octanol–water partition coefficient (Wildman–Crippen LogP) is 2.53. The third-order valence-corrected chi connectivity index (χ3v) is 3.62. The van der Waals surface area contributed by atoms with Crippen LogP contribution in [-0.4, -0.2) is 16.6 Å². The first-order valence-electron chi connectivity index (χ1n) is 6.00. The SMILES string of the molecule is Cc1cccc(C#N)c1NC(C)(C(=O)O)C1CC1. The molecule has 94 valence electrons. The lowest BCUT2D eigenvalue weighted by atomic mass is 9.94. The van der Waals surface area contributed by atoms with Crippen LogP contribution in [0.25, 0.3) is 0 Å². The van der Waals surface area contributed by atoms with Crippen molar-refractivity contribution in [2.75, 3.05) is 5.32 Å². The van der Waals surface area contributed by atoms with Crippen molar-refractivity contribution in [2.45, 2.75) is 32.2 Å². The highest BCUT2D eigenvalue weighted by Crippen LogP contribution is 2.42. The van der Waals surface area contributed by atoms with Crippen molar-refractivity contribution in [3.63, 3.8) is 0 Å². The molecule has 0 aliphatic heterocycles. The highest BCUT2D eigenvalue weighted by molar-refractivity contribution is 5.84. The van der Waals surface area contributed by atoms with E-state index < -0.39 is 11.5 Å². The van der Waals surface area contributed by atoms with Crippen molar-refractivity contribution >= 4 is 11.7 Å². The number of rotatable bonds is 4. The van der Waals surface area contributed by atoms with Gasteiger partial charge in [-0.3, -0.25) is 0 Å². The molecule has 2 rings (SSSR count). The number of aryl methyl sites for hydroxylation is 1. The Kier molecular flexibility index (Phi) is 3.00. The van der Waals surface area contributed by atoms with Crippen LogP contribution >= 0.6 is 0 Å². The first kappa shape index (κ1) is 12.4. The maximum absolute atomic E-state index is 11.5. The average Bonchev–Trinajstić information content (AvgIpc) is 3.15. The van der Waals surface area contributed by atoms with E-state index in [0.29, 0.717) is 11.3 Å². The summed E-state index contributed by atoms with van der Waals surface area (Å²) in [6.45, 7) is 3.57. The van der Waals surface area contributed by atoms with Gasteiger partial charge in [-0.2, -0.15) is 5.26 Å². The van der Waals surface area contributed by atoms with Crippen molar-refractivity contribution in [1.82, 2.24) is 0 Å². The van der Waals surface area contributed by atoms with Gasteiger partial charge in [-0.05, 0) is 44.2 Å². The highest BCUT2D eigenvalue weighted by Gasteiger charge is 2.47. The van der Waals surface area contributed by atoms with Crippen LogP contribution in [0, 0.1) is 24.2 Å².